The monoisotopic (exact) mass is 520 g/mol. The van der Waals surface area contributed by atoms with Crippen LogP contribution in [-0.4, -0.2) is 135 Å². The summed E-state index contributed by atoms with van der Waals surface area (Å²) in [6, 6.07) is 0. The largest absolute Gasteiger partial charge is 0.470 e. The first-order valence-electron chi connectivity index (χ1n) is 8.33. The van der Waals surface area contributed by atoms with Crippen molar-refractivity contribution < 1.29 is 88.1 Å². The first kappa shape index (κ1) is 31.5. The average molecular weight is 520 g/mol. The fourth-order valence-electron chi connectivity index (χ4n) is 2.05. The number of carbonyl (C=O) groups is 1. The van der Waals surface area contributed by atoms with E-state index in [-0.39, 0.29) is 0 Å². The van der Waals surface area contributed by atoms with Gasteiger partial charge in [-0.2, -0.15) is 0 Å². The van der Waals surface area contributed by atoms with Crippen molar-refractivity contribution in [2.75, 3.05) is 26.4 Å². The summed E-state index contributed by atoms with van der Waals surface area (Å²) in [5.74, 6) is -3.59. The molecule has 0 unspecified atom stereocenters. The lowest BCUT2D eigenvalue weighted by molar-refractivity contribution is -0.247. The van der Waals surface area contributed by atoms with Gasteiger partial charge in [0.15, 0.2) is 5.78 Å². The SMILES string of the molecule is O=C(COP(=O)(O)O)[C@@H](O)[C@H](O)[C@H](O)CO.O=P(O)(O)OC[C@H]1O[C@](O)(CO)[C@@H](O)[C@@H]1O. The molecule has 1 heterocycles. The van der Waals surface area contributed by atoms with Crippen molar-refractivity contribution in [3.8, 4) is 0 Å². The highest BCUT2D eigenvalue weighted by Gasteiger charge is 2.53. The lowest BCUT2D eigenvalue weighted by Gasteiger charge is -2.22. The maximum absolute atomic E-state index is 11.0. The molecular formula is C12H26O18P2. The molecule has 1 aliphatic heterocycles. The van der Waals surface area contributed by atoms with Crippen LogP contribution in [0.1, 0.15) is 0 Å². The summed E-state index contributed by atoms with van der Waals surface area (Å²) in [5.41, 5.74) is 0. The maximum atomic E-state index is 11.0. The van der Waals surface area contributed by atoms with E-state index in [2.05, 4.69) is 13.8 Å². The number of hydrogen-bond donors (Lipinski definition) is 12. The highest BCUT2D eigenvalue weighted by Crippen LogP contribution is 2.38. The molecule has 0 aliphatic carbocycles. The van der Waals surface area contributed by atoms with Crippen LogP contribution in [0.2, 0.25) is 0 Å². The Bertz CT molecular complexity index is 677. The molecule has 1 saturated heterocycles. The maximum Gasteiger partial charge on any atom is 0.470 e. The fraction of sp³-hybridized carbons (Fsp3) is 0.917. The van der Waals surface area contributed by atoms with Gasteiger partial charge < -0.3 is 65.2 Å². The van der Waals surface area contributed by atoms with Crippen molar-refractivity contribution >= 4 is 21.4 Å². The van der Waals surface area contributed by atoms with Crippen molar-refractivity contribution in [3.05, 3.63) is 0 Å². The molecule has 0 aromatic rings. The Labute approximate surface area is 179 Å². The number of phosphoric ester groups is 2. The second-order valence-electron chi connectivity index (χ2n) is 6.30. The van der Waals surface area contributed by atoms with E-state index in [9.17, 15) is 29.2 Å². The number of ether oxygens (including phenoxy) is 1. The average Bonchev–Trinajstić information content (AvgIpc) is 2.92. The third-order valence-electron chi connectivity index (χ3n) is 3.77. The molecule has 1 rings (SSSR count). The van der Waals surface area contributed by atoms with E-state index in [1.54, 1.807) is 0 Å². The minimum absolute atomic E-state index is 0.731. The molecule has 32 heavy (non-hydrogen) atoms. The van der Waals surface area contributed by atoms with E-state index < -0.39 is 90.3 Å². The Hall–Kier alpha value is -0.470. The molecule has 0 radical (unpaired) electrons. The van der Waals surface area contributed by atoms with E-state index in [0.717, 1.165) is 0 Å². The lowest BCUT2D eigenvalue weighted by Crippen LogP contribution is -2.46. The van der Waals surface area contributed by atoms with E-state index >= 15 is 0 Å². The third kappa shape index (κ3) is 10.6. The van der Waals surface area contributed by atoms with Gasteiger partial charge in [-0.05, 0) is 0 Å². The Balaban J connectivity index is 0.000000601. The molecule has 7 atom stereocenters. The Kier molecular flexibility index (Phi) is 12.7. The number of phosphoric acid groups is 2. The lowest BCUT2D eigenvalue weighted by atomic mass is 10.1. The van der Waals surface area contributed by atoms with Gasteiger partial charge in [0.1, 0.15) is 43.2 Å². The van der Waals surface area contributed by atoms with E-state index in [1.807, 2.05) is 0 Å². The Morgan fingerprint density at radius 3 is 1.88 bits per heavy atom. The molecule has 0 aromatic carbocycles. The zero-order chi connectivity index (χ0) is 25.5. The zero-order valence-electron chi connectivity index (χ0n) is 16.0. The highest BCUT2D eigenvalue weighted by molar-refractivity contribution is 7.46. The Morgan fingerprint density at radius 2 is 1.50 bits per heavy atom. The van der Waals surface area contributed by atoms with Gasteiger partial charge in [0, 0.05) is 0 Å². The summed E-state index contributed by atoms with van der Waals surface area (Å²) in [6.45, 7) is -3.71. The first-order valence-corrected chi connectivity index (χ1v) is 11.4. The summed E-state index contributed by atoms with van der Waals surface area (Å²) < 4.78 is 33.1. The summed E-state index contributed by atoms with van der Waals surface area (Å²) >= 11 is 0. The summed E-state index contributed by atoms with van der Waals surface area (Å²) in [4.78, 5) is 44.3. The summed E-state index contributed by atoms with van der Waals surface area (Å²) in [5, 5.41) is 72.2. The van der Waals surface area contributed by atoms with Gasteiger partial charge in [-0.3, -0.25) is 13.8 Å². The van der Waals surface area contributed by atoms with Gasteiger partial charge in [-0.15, -0.1) is 0 Å². The molecule has 12 N–H and O–H groups in total. The molecule has 18 nitrogen and oxygen atoms in total. The van der Waals surface area contributed by atoms with Crippen LogP contribution in [0, 0.1) is 0 Å². The van der Waals surface area contributed by atoms with Crippen molar-refractivity contribution in [2.24, 2.45) is 0 Å². The van der Waals surface area contributed by atoms with Gasteiger partial charge in [-0.1, -0.05) is 0 Å². The third-order valence-corrected chi connectivity index (χ3v) is 4.72. The molecule has 20 heteroatoms. The van der Waals surface area contributed by atoms with Gasteiger partial charge in [0.2, 0.25) is 5.79 Å². The topological polar surface area (TPSA) is 322 Å². The number of aliphatic hydroxyl groups excluding tert-OH is 7. The normalized spacial score (nSPS) is 29.1. The molecule has 1 fully saturated rings. The van der Waals surface area contributed by atoms with Crippen LogP contribution < -0.4 is 0 Å². The van der Waals surface area contributed by atoms with Crippen LogP contribution in [0.25, 0.3) is 0 Å². The molecular weight excluding hydrogens is 494 g/mol. The van der Waals surface area contributed by atoms with Crippen molar-refractivity contribution in [1.82, 2.24) is 0 Å². The van der Waals surface area contributed by atoms with Gasteiger partial charge in [-0.25, -0.2) is 9.13 Å². The number of ketones is 1. The molecule has 1 aliphatic rings. The predicted molar refractivity (Wildman–Crippen MR) is 95.0 cm³/mol. The molecule has 0 amide bonds. The predicted octanol–water partition coefficient (Wildman–Crippen LogP) is -6.36. The highest BCUT2D eigenvalue weighted by atomic mass is 31.2. The zero-order valence-corrected chi connectivity index (χ0v) is 17.8. The van der Waals surface area contributed by atoms with Gasteiger partial charge in [0.05, 0.1) is 19.8 Å². The van der Waals surface area contributed by atoms with Gasteiger partial charge in [0.25, 0.3) is 0 Å². The van der Waals surface area contributed by atoms with Crippen molar-refractivity contribution in [1.29, 1.82) is 0 Å². The molecule has 0 aromatic heterocycles. The number of hydrogen-bond acceptors (Lipinski definition) is 14. The number of carbonyl (C=O) groups excluding carboxylic acids is 1. The van der Waals surface area contributed by atoms with Crippen molar-refractivity contribution in [3.63, 3.8) is 0 Å². The van der Waals surface area contributed by atoms with E-state index in [4.69, 9.17) is 45.1 Å². The quantitative estimate of drug-likeness (QED) is 0.113. The van der Waals surface area contributed by atoms with Crippen LogP contribution in [0.4, 0.5) is 0 Å². The number of Topliss-reactive ketones (excluding diaryl/α,β-unsaturated/α-hetero) is 1. The minimum atomic E-state index is -4.85. The second kappa shape index (κ2) is 12.8. The number of rotatable bonds is 11. The van der Waals surface area contributed by atoms with E-state index in [0.29, 0.717) is 0 Å². The summed E-state index contributed by atoms with van der Waals surface area (Å²) in [7, 11) is -9.58. The minimum Gasteiger partial charge on any atom is -0.394 e. The first-order chi connectivity index (χ1) is 14.4. The molecule has 0 saturated carbocycles. The van der Waals surface area contributed by atoms with Crippen LogP contribution in [0.3, 0.4) is 0 Å². The summed E-state index contributed by atoms with van der Waals surface area (Å²) in [6.07, 6.45) is -10.6. The fourth-order valence-corrected chi connectivity index (χ4v) is 2.68. The standard InChI is InChI=1S/2C6H13O9P/c7-2-6(10)5(9)4(8)3(15-6)1-14-16(11,12)13;7-1-3(8)5(10)6(11)4(9)2-15-16(12,13)14/h3-5,7-10H,1-2H2,(H2,11,12,13);3,5-8,10-11H,1-2H2,(H2,12,13,14)/t3-,4-,5+,6-;3-,5-,6-/m11/s1. The smallest absolute Gasteiger partial charge is 0.394 e. The second-order valence-corrected chi connectivity index (χ2v) is 8.78. The molecule has 192 valence electrons. The van der Waals surface area contributed by atoms with Crippen LogP contribution in [0.15, 0.2) is 0 Å². The van der Waals surface area contributed by atoms with E-state index in [1.165, 1.54) is 0 Å². The molecule has 0 bridgehead atoms. The van der Waals surface area contributed by atoms with Crippen molar-refractivity contribution in [2.45, 2.75) is 42.4 Å². The Morgan fingerprint density at radius 1 is 1.00 bits per heavy atom. The van der Waals surface area contributed by atoms with Crippen LogP contribution in [0.5, 0.6) is 0 Å². The van der Waals surface area contributed by atoms with Gasteiger partial charge >= 0.3 is 15.6 Å². The van der Waals surface area contributed by atoms with Crippen LogP contribution in [-0.2, 0) is 27.7 Å². The number of aliphatic hydroxyl groups is 8. The molecule has 0 spiro atoms. The van der Waals surface area contributed by atoms with Crippen LogP contribution >= 0.6 is 15.6 Å².